The van der Waals surface area contributed by atoms with E-state index in [0.717, 1.165) is 21.2 Å². The van der Waals surface area contributed by atoms with Gasteiger partial charge in [0, 0.05) is 17.5 Å². The average Bonchev–Trinajstić information content (AvgIpc) is 3.16. The van der Waals surface area contributed by atoms with Crippen LogP contribution >= 0.6 is 23.1 Å². The van der Waals surface area contributed by atoms with Gasteiger partial charge < -0.3 is 9.84 Å². The Balaban J connectivity index is 1.79. The fourth-order valence-corrected chi connectivity index (χ4v) is 4.39. The van der Waals surface area contributed by atoms with E-state index in [9.17, 15) is 4.79 Å². The van der Waals surface area contributed by atoms with Gasteiger partial charge in [0.05, 0.1) is 17.4 Å². The number of nitrogens with one attached hydrogen (secondary N) is 1. The molecule has 1 fully saturated rings. The monoisotopic (exact) mass is 322 g/mol. The minimum absolute atomic E-state index is 0.00274. The van der Waals surface area contributed by atoms with E-state index in [2.05, 4.69) is 10.3 Å². The number of carboxylic acids is 1. The summed E-state index contributed by atoms with van der Waals surface area (Å²) in [4.78, 5) is 16.5. The van der Waals surface area contributed by atoms with Gasteiger partial charge >= 0.3 is 5.97 Å². The summed E-state index contributed by atoms with van der Waals surface area (Å²) in [5, 5.41) is 13.0. The number of benzene rings is 1. The summed E-state index contributed by atoms with van der Waals surface area (Å²) in [7, 11) is 1.64. The largest absolute Gasteiger partial charge is 0.497 e. The summed E-state index contributed by atoms with van der Waals surface area (Å²) in [6, 6.07) is 7.27. The summed E-state index contributed by atoms with van der Waals surface area (Å²) in [6.07, 6.45) is 1.81. The molecule has 0 spiro atoms. The Hall–Kier alpha value is -1.57. The van der Waals surface area contributed by atoms with Gasteiger partial charge in [0.25, 0.3) is 0 Å². The molecule has 0 bridgehead atoms. The Morgan fingerprint density at radius 1 is 1.52 bits per heavy atom. The molecule has 21 heavy (non-hydrogen) atoms. The van der Waals surface area contributed by atoms with E-state index in [0.29, 0.717) is 5.75 Å². The lowest BCUT2D eigenvalue weighted by Crippen LogP contribution is -2.33. The number of ether oxygens (including phenoxy) is 1. The van der Waals surface area contributed by atoms with Crippen molar-refractivity contribution in [2.75, 3.05) is 12.9 Å². The smallest absolute Gasteiger partial charge is 0.321 e. The van der Waals surface area contributed by atoms with Crippen LogP contribution in [0.1, 0.15) is 10.3 Å². The molecule has 1 aromatic carbocycles. The second-order valence-electron chi connectivity index (χ2n) is 4.57. The first kappa shape index (κ1) is 14.4. The third-order valence-corrected chi connectivity index (χ3v) is 5.69. The second kappa shape index (κ2) is 6.05. The number of methoxy groups -OCH3 is 1. The first-order valence-electron chi connectivity index (χ1n) is 6.38. The van der Waals surface area contributed by atoms with Gasteiger partial charge in [-0.3, -0.25) is 10.1 Å². The zero-order valence-electron chi connectivity index (χ0n) is 11.3. The van der Waals surface area contributed by atoms with Crippen molar-refractivity contribution in [2.45, 2.75) is 11.4 Å². The summed E-state index contributed by atoms with van der Waals surface area (Å²) in [6.45, 7) is 0. The summed E-state index contributed by atoms with van der Waals surface area (Å²) in [5.74, 6) is 0.568. The van der Waals surface area contributed by atoms with Crippen LogP contribution in [0.4, 0.5) is 0 Å². The number of aromatic nitrogens is 1. The van der Waals surface area contributed by atoms with Gasteiger partial charge in [-0.05, 0) is 12.1 Å². The zero-order chi connectivity index (χ0) is 14.8. The Bertz CT molecular complexity index is 659. The zero-order valence-corrected chi connectivity index (χ0v) is 12.9. The highest BCUT2D eigenvalue weighted by molar-refractivity contribution is 7.99. The molecule has 2 heterocycles. The fraction of sp³-hybridized carbons (Fsp3) is 0.286. The summed E-state index contributed by atoms with van der Waals surface area (Å²) >= 11 is 3.18. The predicted octanol–water partition coefficient (Wildman–Crippen LogP) is 2.61. The van der Waals surface area contributed by atoms with E-state index in [-0.39, 0.29) is 5.37 Å². The molecule has 1 aromatic heterocycles. The molecular weight excluding hydrogens is 308 g/mol. The molecule has 0 aliphatic carbocycles. The maximum absolute atomic E-state index is 11.0. The minimum Gasteiger partial charge on any atom is -0.497 e. The van der Waals surface area contributed by atoms with Crippen LogP contribution in [0.15, 0.2) is 30.5 Å². The van der Waals surface area contributed by atoms with E-state index in [1.165, 1.54) is 0 Å². The highest BCUT2D eigenvalue weighted by Gasteiger charge is 2.31. The fourth-order valence-electron chi connectivity index (χ4n) is 2.08. The predicted molar refractivity (Wildman–Crippen MR) is 83.9 cm³/mol. The maximum Gasteiger partial charge on any atom is 0.321 e. The van der Waals surface area contributed by atoms with Crippen molar-refractivity contribution in [3.63, 3.8) is 0 Å². The van der Waals surface area contributed by atoms with Crippen molar-refractivity contribution in [3.8, 4) is 16.3 Å². The second-order valence-corrected chi connectivity index (χ2v) is 6.77. The number of rotatable bonds is 4. The molecule has 7 heteroatoms. The molecule has 1 saturated heterocycles. The van der Waals surface area contributed by atoms with Crippen molar-refractivity contribution in [1.29, 1.82) is 0 Å². The Morgan fingerprint density at radius 2 is 2.38 bits per heavy atom. The Kier molecular flexibility index (Phi) is 4.14. The topological polar surface area (TPSA) is 71.5 Å². The lowest BCUT2D eigenvalue weighted by Gasteiger charge is -2.07. The molecule has 0 amide bonds. The van der Waals surface area contributed by atoms with Crippen molar-refractivity contribution in [3.05, 3.63) is 35.3 Å². The third kappa shape index (κ3) is 3.04. The van der Waals surface area contributed by atoms with Crippen LogP contribution in [-0.4, -0.2) is 35.0 Å². The van der Waals surface area contributed by atoms with Gasteiger partial charge in [0.15, 0.2) is 0 Å². The van der Waals surface area contributed by atoms with Crippen LogP contribution in [0.25, 0.3) is 10.6 Å². The number of aliphatic carboxylic acids is 1. The number of thiazole rings is 1. The summed E-state index contributed by atoms with van der Waals surface area (Å²) in [5.41, 5.74) is 1.00. The van der Waals surface area contributed by atoms with Crippen LogP contribution in [-0.2, 0) is 4.79 Å². The lowest BCUT2D eigenvalue weighted by atomic mass is 10.2. The molecule has 1 aliphatic rings. The van der Waals surface area contributed by atoms with Gasteiger partial charge in [0.1, 0.15) is 16.8 Å². The first-order chi connectivity index (χ1) is 10.2. The Labute approximate surface area is 130 Å². The molecule has 110 valence electrons. The number of hydrogen-bond donors (Lipinski definition) is 2. The number of carboxylic acid groups (broad SMARTS) is 1. The SMILES string of the molecule is COc1cccc(-c2ncc(C3NC(C(=O)O)CS3)s2)c1. The number of hydrogen-bond acceptors (Lipinski definition) is 6. The minimum atomic E-state index is -0.803. The normalized spacial score (nSPS) is 21.4. The quantitative estimate of drug-likeness (QED) is 0.901. The average molecular weight is 322 g/mol. The molecule has 2 aromatic rings. The highest BCUT2D eigenvalue weighted by Crippen LogP contribution is 2.38. The van der Waals surface area contributed by atoms with Gasteiger partial charge in [-0.1, -0.05) is 12.1 Å². The first-order valence-corrected chi connectivity index (χ1v) is 8.24. The van der Waals surface area contributed by atoms with Crippen LogP contribution in [0.5, 0.6) is 5.75 Å². The van der Waals surface area contributed by atoms with Gasteiger partial charge in [-0.25, -0.2) is 4.98 Å². The van der Waals surface area contributed by atoms with E-state index < -0.39 is 12.0 Å². The maximum atomic E-state index is 11.0. The van der Waals surface area contributed by atoms with E-state index in [1.807, 2.05) is 30.5 Å². The van der Waals surface area contributed by atoms with Gasteiger partial charge in [-0.15, -0.1) is 23.1 Å². The molecule has 0 radical (unpaired) electrons. The van der Waals surface area contributed by atoms with Crippen LogP contribution in [0.2, 0.25) is 0 Å². The standard InChI is InChI=1S/C14H14N2O3S2/c1-19-9-4-2-3-8(5-9)12-15-6-11(21-12)13-16-10(7-20-13)14(17)18/h2-6,10,13,16H,7H2,1H3,(H,17,18). The van der Waals surface area contributed by atoms with Gasteiger partial charge in [0.2, 0.25) is 0 Å². The van der Waals surface area contributed by atoms with Crippen molar-refractivity contribution in [2.24, 2.45) is 0 Å². The number of thioether (sulfide) groups is 1. The molecule has 2 N–H and O–H groups in total. The highest BCUT2D eigenvalue weighted by atomic mass is 32.2. The molecular formula is C14H14N2O3S2. The molecule has 2 atom stereocenters. The van der Waals surface area contributed by atoms with Crippen molar-refractivity contribution in [1.82, 2.24) is 10.3 Å². The van der Waals surface area contributed by atoms with E-state index >= 15 is 0 Å². The number of carbonyl (C=O) groups is 1. The summed E-state index contributed by atoms with van der Waals surface area (Å²) < 4.78 is 5.22. The van der Waals surface area contributed by atoms with E-state index in [4.69, 9.17) is 9.84 Å². The molecule has 0 saturated carbocycles. The van der Waals surface area contributed by atoms with Crippen LogP contribution in [0, 0.1) is 0 Å². The molecule has 5 nitrogen and oxygen atoms in total. The number of nitrogens with zero attached hydrogens (tertiary/aromatic N) is 1. The molecule has 3 rings (SSSR count). The van der Waals surface area contributed by atoms with Gasteiger partial charge in [-0.2, -0.15) is 0 Å². The van der Waals surface area contributed by atoms with Crippen molar-refractivity contribution < 1.29 is 14.6 Å². The van der Waals surface area contributed by atoms with Crippen LogP contribution < -0.4 is 10.1 Å². The van der Waals surface area contributed by atoms with E-state index in [1.54, 1.807) is 30.2 Å². The Morgan fingerprint density at radius 3 is 3.10 bits per heavy atom. The van der Waals surface area contributed by atoms with Crippen molar-refractivity contribution >= 4 is 29.1 Å². The molecule has 2 unspecified atom stereocenters. The third-order valence-electron chi connectivity index (χ3n) is 3.18. The lowest BCUT2D eigenvalue weighted by molar-refractivity contribution is -0.138. The molecule has 1 aliphatic heterocycles. The van der Waals surface area contributed by atoms with Crippen LogP contribution in [0.3, 0.4) is 0 Å².